The number of nitrogens with one attached hydrogen (secondary N) is 2. The summed E-state index contributed by atoms with van der Waals surface area (Å²) in [5.74, 6) is 0.698. The van der Waals surface area contributed by atoms with Crippen LogP contribution in [0.15, 0.2) is 18.3 Å². The first kappa shape index (κ1) is 15.4. The van der Waals surface area contributed by atoms with Crippen molar-refractivity contribution in [2.24, 2.45) is 0 Å². The molecule has 0 saturated heterocycles. The van der Waals surface area contributed by atoms with E-state index in [1.807, 2.05) is 26.0 Å². The van der Waals surface area contributed by atoms with E-state index < -0.39 is 0 Å². The first-order valence-corrected chi connectivity index (χ1v) is 6.69. The van der Waals surface area contributed by atoms with Crippen LogP contribution in [0, 0.1) is 0 Å². The molecule has 0 bridgehead atoms. The minimum Gasteiger partial charge on any atom is -0.491 e. The Bertz CT molecular complexity index is 377. The summed E-state index contributed by atoms with van der Waals surface area (Å²) in [5.41, 5.74) is 0.978. The molecule has 1 rings (SSSR count). The molecule has 0 spiro atoms. The third kappa shape index (κ3) is 6.76. The molecule has 0 radical (unpaired) electrons. The molecule has 0 aliphatic rings. The monoisotopic (exact) mass is 265 g/mol. The second-order valence-electron chi connectivity index (χ2n) is 4.59. The van der Waals surface area contributed by atoms with Gasteiger partial charge in [-0.1, -0.05) is 6.92 Å². The van der Waals surface area contributed by atoms with Crippen molar-refractivity contribution in [3.8, 4) is 5.75 Å². The minimum absolute atomic E-state index is 0.00623. The van der Waals surface area contributed by atoms with Gasteiger partial charge in [0.05, 0.1) is 24.9 Å². The molecule has 0 aliphatic heterocycles. The summed E-state index contributed by atoms with van der Waals surface area (Å²) in [5, 5.41) is 6.02. The SMILES string of the molecule is CCNCc1ccc(OCCC(=O)NC(C)C)cn1. The van der Waals surface area contributed by atoms with Gasteiger partial charge in [-0.05, 0) is 32.5 Å². The molecule has 106 valence electrons. The molecule has 19 heavy (non-hydrogen) atoms. The number of hydrogen-bond donors (Lipinski definition) is 2. The number of amides is 1. The van der Waals surface area contributed by atoms with Crippen molar-refractivity contribution in [1.82, 2.24) is 15.6 Å². The standard InChI is InChI=1S/C14H23N3O2/c1-4-15-9-12-5-6-13(10-16-12)19-8-7-14(18)17-11(2)3/h5-6,10-11,15H,4,7-9H2,1-3H3,(H,17,18). The van der Waals surface area contributed by atoms with E-state index in [4.69, 9.17) is 4.74 Å². The Labute approximate surface area is 114 Å². The Hall–Kier alpha value is -1.62. The number of hydrogen-bond acceptors (Lipinski definition) is 4. The fraction of sp³-hybridized carbons (Fsp3) is 0.571. The Morgan fingerprint density at radius 2 is 2.21 bits per heavy atom. The van der Waals surface area contributed by atoms with Crippen molar-refractivity contribution >= 4 is 5.91 Å². The van der Waals surface area contributed by atoms with Crippen molar-refractivity contribution in [2.75, 3.05) is 13.2 Å². The van der Waals surface area contributed by atoms with E-state index in [0.29, 0.717) is 18.8 Å². The highest BCUT2D eigenvalue weighted by Crippen LogP contribution is 2.09. The van der Waals surface area contributed by atoms with Crippen LogP contribution in [-0.4, -0.2) is 30.1 Å². The number of pyridine rings is 1. The average molecular weight is 265 g/mol. The molecule has 5 heteroatoms. The van der Waals surface area contributed by atoms with Gasteiger partial charge in [0, 0.05) is 12.6 Å². The number of carbonyl (C=O) groups is 1. The molecule has 0 saturated carbocycles. The number of rotatable bonds is 8. The van der Waals surface area contributed by atoms with Gasteiger partial charge in [0.25, 0.3) is 0 Å². The van der Waals surface area contributed by atoms with Crippen molar-refractivity contribution < 1.29 is 9.53 Å². The Morgan fingerprint density at radius 3 is 2.79 bits per heavy atom. The number of nitrogens with zero attached hydrogens (tertiary/aromatic N) is 1. The molecule has 1 amide bonds. The highest BCUT2D eigenvalue weighted by atomic mass is 16.5. The van der Waals surface area contributed by atoms with Gasteiger partial charge < -0.3 is 15.4 Å². The number of ether oxygens (including phenoxy) is 1. The van der Waals surface area contributed by atoms with Crippen LogP contribution in [0.2, 0.25) is 0 Å². The van der Waals surface area contributed by atoms with Gasteiger partial charge in [-0.2, -0.15) is 0 Å². The first-order valence-electron chi connectivity index (χ1n) is 6.69. The fourth-order valence-corrected chi connectivity index (χ4v) is 1.51. The lowest BCUT2D eigenvalue weighted by Gasteiger charge is -2.09. The molecule has 0 unspecified atom stereocenters. The zero-order valence-corrected chi connectivity index (χ0v) is 11.9. The summed E-state index contributed by atoms with van der Waals surface area (Å²) in [6.07, 6.45) is 2.05. The lowest BCUT2D eigenvalue weighted by molar-refractivity contribution is -0.122. The van der Waals surface area contributed by atoms with Gasteiger partial charge in [-0.3, -0.25) is 9.78 Å². The second-order valence-corrected chi connectivity index (χ2v) is 4.59. The van der Waals surface area contributed by atoms with Crippen LogP contribution >= 0.6 is 0 Å². The summed E-state index contributed by atoms with van der Waals surface area (Å²) < 4.78 is 5.47. The van der Waals surface area contributed by atoms with Gasteiger partial charge >= 0.3 is 0 Å². The van der Waals surface area contributed by atoms with E-state index in [2.05, 4.69) is 22.5 Å². The zero-order chi connectivity index (χ0) is 14.1. The average Bonchev–Trinajstić information content (AvgIpc) is 2.37. The number of aromatic nitrogens is 1. The Morgan fingerprint density at radius 1 is 1.42 bits per heavy atom. The highest BCUT2D eigenvalue weighted by Gasteiger charge is 2.03. The smallest absolute Gasteiger partial charge is 0.223 e. The summed E-state index contributed by atoms with van der Waals surface area (Å²) in [7, 11) is 0. The lowest BCUT2D eigenvalue weighted by Crippen LogP contribution is -2.31. The van der Waals surface area contributed by atoms with Gasteiger partial charge in [0.1, 0.15) is 5.75 Å². The molecule has 0 fully saturated rings. The Kier molecular flexibility index (Phi) is 6.89. The van der Waals surface area contributed by atoms with Gasteiger partial charge in [-0.15, -0.1) is 0 Å². The molecule has 1 aromatic heterocycles. The first-order chi connectivity index (χ1) is 9.11. The summed E-state index contributed by atoms with van der Waals surface area (Å²) in [6, 6.07) is 3.96. The molecular formula is C14H23N3O2. The molecule has 1 heterocycles. The maximum atomic E-state index is 11.4. The van der Waals surface area contributed by atoms with Gasteiger partial charge in [0.2, 0.25) is 5.91 Å². The predicted molar refractivity (Wildman–Crippen MR) is 75.0 cm³/mol. The quantitative estimate of drug-likeness (QED) is 0.747. The van der Waals surface area contributed by atoms with Crippen LogP contribution in [-0.2, 0) is 11.3 Å². The van der Waals surface area contributed by atoms with Gasteiger partial charge in [0.15, 0.2) is 0 Å². The van der Waals surface area contributed by atoms with E-state index in [0.717, 1.165) is 18.8 Å². The third-order valence-corrected chi connectivity index (χ3v) is 2.40. The largest absolute Gasteiger partial charge is 0.491 e. The molecule has 0 aromatic carbocycles. The molecule has 0 aliphatic carbocycles. The molecule has 1 aromatic rings. The highest BCUT2D eigenvalue weighted by molar-refractivity contribution is 5.76. The maximum Gasteiger partial charge on any atom is 0.223 e. The van der Waals surface area contributed by atoms with Crippen molar-refractivity contribution in [3.63, 3.8) is 0 Å². The van der Waals surface area contributed by atoms with E-state index in [1.54, 1.807) is 6.20 Å². The molecule has 5 nitrogen and oxygen atoms in total. The molecular weight excluding hydrogens is 242 g/mol. The molecule has 2 N–H and O–H groups in total. The summed E-state index contributed by atoms with van der Waals surface area (Å²) in [4.78, 5) is 15.7. The summed E-state index contributed by atoms with van der Waals surface area (Å²) in [6.45, 7) is 7.97. The third-order valence-electron chi connectivity index (χ3n) is 2.40. The topological polar surface area (TPSA) is 63.2 Å². The van der Waals surface area contributed by atoms with Crippen molar-refractivity contribution in [2.45, 2.75) is 39.8 Å². The minimum atomic E-state index is 0.00623. The predicted octanol–water partition coefficient (Wildman–Crippen LogP) is 1.48. The maximum absolute atomic E-state index is 11.4. The zero-order valence-electron chi connectivity index (χ0n) is 11.9. The van der Waals surface area contributed by atoms with E-state index >= 15 is 0 Å². The van der Waals surface area contributed by atoms with E-state index in [1.165, 1.54) is 0 Å². The Balaban J connectivity index is 2.28. The van der Waals surface area contributed by atoms with Crippen molar-refractivity contribution in [1.29, 1.82) is 0 Å². The van der Waals surface area contributed by atoms with Crippen LogP contribution in [0.3, 0.4) is 0 Å². The number of carbonyl (C=O) groups excluding carboxylic acids is 1. The van der Waals surface area contributed by atoms with Crippen LogP contribution in [0.4, 0.5) is 0 Å². The van der Waals surface area contributed by atoms with Crippen LogP contribution in [0.25, 0.3) is 0 Å². The normalized spacial score (nSPS) is 10.5. The van der Waals surface area contributed by atoms with Crippen LogP contribution in [0.1, 0.15) is 32.9 Å². The fourth-order valence-electron chi connectivity index (χ4n) is 1.51. The van der Waals surface area contributed by atoms with Crippen molar-refractivity contribution in [3.05, 3.63) is 24.0 Å². The van der Waals surface area contributed by atoms with E-state index in [-0.39, 0.29) is 11.9 Å². The summed E-state index contributed by atoms with van der Waals surface area (Å²) >= 11 is 0. The lowest BCUT2D eigenvalue weighted by atomic mass is 10.3. The second kappa shape index (κ2) is 8.48. The van der Waals surface area contributed by atoms with E-state index in [9.17, 15) is 4.79 Å². The van der Waals surface area contributed by atoms with Crippen LogP contribution in [0.5, 0.6) is 5.75 Å². The molecule has 0 atom stereocenters. The van der Waals surface area contributed by atoms with Crippen LogP contribution < -0.4 is 15.4 Å². The van der Waals surface area contributed by atoms with Gasteiger partial charge in [-0.25, -0.2) is 0 Å².